The molecule has 1 aromatic rings. The maximum absolute atomic E-state index is 6.24. The molecule has 2 N–H and O–H groups in total. The molecule has 0 aliphatic carbocycles. The summed E-state index contributed by atoms with van der Waals surface area (Å²) in [7, 11) is 0. The molecule has 2 nitrogen and oxygen atoms in total. The number of thiophene rings is 1. The summed E-state index contributed by atoms with van der Waals surface area (Å²) in [6.45, 7) is 3.89. The van der Waals surface area contributed by atoms with Gasteiger partial charge in [-0.2, -0.15) is 0 Å². The molecule has 0 bridgehead atoms. The standard InChI is InChI=1S/C11H17NOS.ClH/c1-8-2-3-10(14-8)11(12)9-4-6-13-7-5-9;/h2-3,9,11H,4-7,12H2,1H3;1H. The van der Waals surface area contributed by atoms with Crippen LogP contribution < -0.4 is 5.73 Å². The lowest BCUT2D eigenvalue weighted by Gasteiger charge is -2.26. The summed E-state index contributed by atoms with van der Waals surface area (Å²) in [5.41, 5.74) is 6.24. The van der Waals surface area contributed by atoms with Crippen LogP contribution in [0.15, 0.2) is 12.1 Å². The van der Waals surface area contributed by atoms with Crippen LogP contribution in [0.4, 0.5) is 0 Å². The first kappa shape index (κ1) is 13.0. The highest BCUT2D eigenvalue weighted by Gasteiger charge is 2.22. The van der Waals surface area contributed by atoms with Crippen LogP contribution in [0, 0.1) is 12.8 Å². The Morgan fingerprint density at radius 1 is 1.40 bits per heavy atom. The quantitative estimate of drug-likeness (QED) is 0.872. The Balaban J connectivity index is 0.00000112. The first-order chi connectivity index (χ1) is 6.77. The summed E-state index contributed by atoms with van der Waals surface area (Å²) in [5.74, 6) is 0.613. The van der Waals surface area contributed by atoms with Crippen LogP contribution in [0.25, 0.3) is 0 Å². The Morgan fingerprint density at radius 3 is 2.60 bits per heavy atom. The lowest BCUT2D eigenvalue weighted by atomic mass is 9.91. The minimum Gasteiger partial charge on any atom is -0.381 e. The molecule has 1 aliphatic heterocycles. The second-order valence-corrected chi connectivity index (χ2v) is 5.24. The van der Waals surface area contributed by atoms with Gasteiger partial charge in [-0.3, -0.25) is 0 Å². The molecule has 1 atom stereocenters. The molecule has 1 aromatic heterocycles. The Hall–Kier alpha value is -0.0900. The van der Waals surface area contributed by atoms with E-state index < -0.39 is 0 Å². The lowest BCUT2D eigenvalue weighted by molar-refractivity contribution is 0.0587. The van der Waals surface area contributed by atoms with Gasteiger partial charge in [-0.1, -0.05) is 0 Å². The van der Waals surface area contributed by atoms with E-state index in [0.717, 1.165) is 26.1 Å². The van der Waals surface area contributed by atoms with Crippen LogP contribution >= 0.6 is 23.7 Å². The summed E-state index contributed by atoms with van der Waals surface area (Å²) in [6.07, 6.45) is 2.22. The zero-order valence-electron chi connectivity index (χ0n) is 8.94. The van der Waals surface area contributed by atoms with Crippen molar-refractivity contribution in [1.29, 1.82) is 0 Å². The number of nitrogens with two attached hydrogens (primary N) is 1. The van der Waals surface area contributed by atoms with E-state index in [1.165, 1.54) is 9.75 Å². The Labute approximate surface area is 101 Å². The van der Waals surface area contributed by atoms with Gasteiger partial charge in [0.1, 0.15) is 0 Å². The van der Waals surface area contributed by atoms with Crippen molar-refractivity contribution in [2.24, 2.45) is 11.7 Å². The summed E-state index contributed by atoms with van der Waals surface area (Å²) in [4.78, 5) is 2.68. The summed E-state index contributed by atoms with van der Waals surface area (Å²) >= 11 is 1.82. The molecule has 0 amide bonds. The summed E-state index contributed by atoms with van der Waals surface area (Å²) in [5, 5.41) is 0. The van der Waals surface area contributed by atoms with Gasteiger partial charge in [-0.15, -0.1) is 23.7 Å². The molecule has 1 aliphatic rings. The fraction of sp³-hybridized carbons (Fsp3) is 0.636. The highest BCUT2D eigenvalue weighted by Crippen LogP contribution is 2.31. The van der Waals surface area contributed by atoms with Gasteiger partial charge in [0.25, 0.3) is 0 Å². The summed E-state index contributed by atoms with van der Waals surface area (Å²) < 4.78 is 5.34. The maximum Gasteiger partial charge on any atom is 0.0469 e. The van der Waals surface area contributed by atoms with Crippen LogP contribution in [0.2, 0.25) is 0 Å². The third-order valence-electron chi connectivity index (χ3n) is 2.86. The number of halogens is 1. The van der Waals surface area contributed by atoms with E-state index in [0.29, 0.717) is 5.92 Å². The molecule has 86 valence electrons. The molecule has 15 heavy (non-hydrogen) atoms. The third kappa shape index (κ3) is 3.18. The van der Waals surface area contributed by atoms with Gasteiger partial charge in [0.2, 0.25) is 0 Å². The van der Waals surface area contributed by atoms with Crippen LogP contribution in [0.5, 0.6) is 0 Å². The molecule has 1 unspecified atom stereocenters. The lowest BCUT2D eigenvalue weighted by Crippen LogP contribution is -2.26. The van der Waals surface area contributed by atoms with Gasteiger partial charge in [0.15, 0.2) is 0 Å². The highest BCUT2D eigenvalue weighted by atomic mass is 35.5. The zero-order chi connectivity index (χ0) is 9.97. The highest BCUT2D eigenvalue weighted by molar-refractivity contribution is 7.12. The molecule has 2 rings (SSSR count). The van der Waals surface area contributed by atoms with Gasteiger partial charge >= 0.3 is 0 Å². The van der Waals surface area contributed by atoms with E-state index in [1.807, 2.05) is 11.3 Å². The Kier molecular flexibility index (Phi) is 5.06. The van der Waals surface area contributed by atoms with Gasteiger partial charge < -0.3 is 10.5 Å². The number of hydrogen-bond donors (Lipinski definition) is 1. The zero-order valence-corrected chi connectivity index (χ0v) is 10.6. The van der Waals surface area contributed by atoms with Gasteiger partial charge in [0, 0.05) is 29.0 Å². The van der Waals surface area contributed by atoms with Crippen LogP contribution in [-0.2, 0) is 4.74 Å². The molecule has 1 saturated heterocycles. The number of aryl methyl sites for hydroxylation is 1. The minimum absolute atomic E-state index is 0. The second kappa shape index (κ2) is 5.85. The van der Waals surface area contributed by atoms with Gasteiger partial charge in [-0.25, -0.2) is 0 Å². The van der Waals surface area contributed by atoms with Crippen LogP contribution in [0.3, 0.4) is 0 Å². The fourth-order valence-electron chi connectivity index (χ4n) is 1.94. The summed E-state index contributed by atoms with van der Waals surface area (Å²) in [6, 6.07) is 4.54. The monoisotopic (exact) mass is 247 g/mol. The minimum atomic E-state index is 0. The molecular formula is C11H18ClNOS. The topological polar surface area (TPSA) is 35.2 Å². The van der Waals surface area contributed by atoms with Crippen molar-refractivity contribution in [3.05, 3.63) is 21.9 Å². The molecular weight excluding hydrogens is 230 g/mol. The molecule has 0 aromatic carbocycles. The van der Waals surface area contributed by atoms with E-state index in [-0.39, 0.29) is 18.4 Å². The van der Waals surface area contributed by atoms with Crippen molar-refractivity contribution in [3.8, 4) is 0 Å². The molecule has 0 saturated carbocycles. The smallest absolute Gasteiger partial charge is 0.0469 e. The van der Waals surface area contributed by atoms with Crippen molar-refractivity contribution in [2.45, 2.75) is 25.8 Å². The number of hydrogen-bond acceptors (Lipinski definition) is 3. The Bertz CT molecular complexity index is 297. The SMILES string of the molecule is Cc1ccc(C(N)C2CCOCC2)s1.Cl. The predicted molar refractivity (Wildman–Crippen MR) is 66.8 cm³/mol. The first-order valence-electron chi connectivity index (χ1n) is 5.17. The van der Waals surface area contributed by atoms with Crippen molar-refractivity contribution in [1.82, 2.24) is 0 Å². The number of rotatable bonds is 2. The molecule has 4 heteroatoms. The van der Waals surface area contributed by atoms with E-state index in [1.54, 1.807) is 0 Å². The average molecular weight is 248 g/mol. The van der Waals surface area contributed by atoms with Crippen molar-refractivity contribution in [3.63, 3.8) is 0 Å². The second-order valence-electron chi connectivity index (χ2n) is 3.92. The molecule has 0 radical (unpaired) electrons. The largest absolute Gasteiger partial charge is 0.381 e. The maximum atomic E-state index is 6.24. The predicted octanol–water partition coefficient (Wildman–Crippen LogP) is 2.90. The van der Waals surface area contributed by atoms with E-state index in [2.05, 4.69) is 19.1 Å². The molecule has 2 heterocycles. The number of ether oxygens (including phenoxy) is 1. The van der Waals surface area contributed by atoms with E-state index in [4.69, 9.17) is 10.5 Å². The van der Waals surface area contributed by atoms with Crippen LogP contribution in [0.1, 0.15) is 28.6 Å². The fourth-order valence-corrected chi connectivity index (χ4v) is 2.91. The Morgan fingerprint density at radius 2 is 2.07 bits per heavy atom. The van der Waals surface area contributed by atoms with Crippen LogP contribution in [-0.4, -0.2) is 13.2 Å². The normalized spacial score (nSPS) is 19.6. The third-order valence-corrected chi connectivity index (χ3v) is 3.97. The van der Waals surface area contributed by atoms with E-state index in [9.17, 15) is 0 Å². The molecule has 1 fully saturated rings. The molecule has 0 spiro atoms. The van der Waals surface area contributed by atoms with E-state index >= 15 is 0 Å². The van der Waals surface area contributed by atoms with Gasteiger partial charge in [-0.05, 0) is 37.8 Å². The van der Waals surface area contributed by atoms with Gasteiger partial charge in [0.05, 0.1) is 0 Å². The van der Waals surface area contributed by atoms with Crippen molar-refractivity contribution in [2.75, 3.05) is 13.2 Å². The van der Waals surface area contributed by atoms with Crippen molar-refractivity contribution < 1.29 is 4.74 Å². The van der Waals surface area contributed by atoms with Crippen molar-refractivity contribution >= 4 is 23.7 Å². The average Bonchev–Trinajstić information content (AvgIpc) is 2.65. The first-order valence-corrected chi connectivity index (χ1v) is 5.98.